The standard InChI is InChI=1S/C10H11N3O2/c1-7(10(14)15)4-8-2-3-13-9(8)5-11-6-12-13/h2-3,5-7H,4H2,1H3,(H,14,15). The van der Waals surface area contributed by atoms with E-state index in [2.05, 4.69) is 10.1 Å². The highest BCUT2D eigenvalue weighted by molar-refractivity contribution is 5.70. The molecule has 2 aromatic rings. The number of carboxylic acid groups (broad SMARTS) is 1. The third-order valence-corrected chi connectivity index (χ3v) is 2.38. The van der Waals surface area contributed by atoms with E-state index in [1.807, 2.05) is 6.07 Å². The lowest BCUT2D eigenvalue weighted by Gasteiger charge is -2.04. The van der Waals surface area contributed by atoms with Gasteiger partial charge in [0.15, 0.2) is 0 Å². The van der Waals surface area contributed by atoms with E-state index in [-0.39, 0.29) is 0 Å². The highest BCUT2D eigenvalue weighted by Crippen LogP contribution is 2.14. The Hall–Kier alpha value is -1.91. The van der Waals surface area contributed by atoms with E-state index in [9.17, 15) is 4.79 Å². The van der Waals surface area contributed by atoms with Crippen molar-refractivity contribution in [1.29, 1.82) is 0 Å². The highest BCUT2D eigenvalue weighted by atomic mass is 16.4. The molecule has 0 bridgehead atoms. The summed E-state index contributed by atoms with van der Waals surface area (Å²) in [4.78, 5) is 14.6. The van der Waals surface area contributed by atoms with Crippen molar-refractivity contribution in [3.63, 3.8) is 0 Å². The number of hydrogen-bond donors (Lipinski definition) is 1. The molecule has 78 valence electrons. The second-order valence-corrected chi connectivity index (χ2v) is 3.52. The number of nitrogens with zero attached hydrogens (tertiary/aromatic N) is 3. The first-order chi connectivity index (χ1) is 7.18. The monoisotopic (exact) mass is 205 g/mol. The number of aliphatic carboxylic acids is 1. The molecule has 0 saturated carbocycles. The van der Waals surface area contributed by atoms with Crippen LogP contribution >= 0.6 is 0 Å². The molecule has 2 aromatic heterocycles. The molecule has 0 aliphatic heterocycles. The summed E-state index contributed by atoms with van der Waals surface area (Å²) in [5, 5.41) is 12.8. The molecule has 15 heavy (non-hydrogen) atoms. The molecule has 5 nitrogen and oxygen atoms in total. The average Bonchev–Trinajstić information content (AvgIpc) is 2.62. The van der Waals surface area contributed by atoms with Crippen molar-refractivity contribution in [3.05, 3.63) is 30.4 Å². The lowest BCUT2D eigenvalue weighted by molar-refractivity contribution is -0.141. The number of carboxylic acids is 1. The first-order valence-corrected chi connectivity index (χ1v) is 4.67. The van der Waals surface area contributed by atoms with E-state index >= 15 is 0 Å². The van der Waals surface area contributed by atoms with E-state index in [1.165, 1.54) is 6.33 Å². The number of carbonyl (C=O) groups is 1. The van der Waals surface area contributed by atoms with Gasteiger partial charge in [-0.3, -0.25) is 4.79 Å². The molecule has 0 radical (unpaired) electrons. The second-order valence-electron chi connectivity index (χ2n) is 3.52. The molecule has 0 aliphatic carbocycles. The van der Waals surface area contributed by atoms with Gasteiger partial charge in [-0.05, 0) is 18.1 Å². The SMILES string of the molecule is CC(Cc1ccn2ncncc12)C(=O)O. The Morgan fingerprint density at radius 3 is 3.20 bits per heavy atom. The van der Waals surface area contributed by atoms with Crippen LogP contribution in [0.3, 0.4) is 0 Å². The van der Waals surface area contributed by atoms with Gasteiger partial charge >= 0.3 is 5.97 Å². The summed E-state index contributed by atoms with van der Waals surface area (Å²) in [7, 11) is 0. The molecule has 0 aliphatic rings. The van der Waals surface area contributed by atoms with Crippen LogP contribution in [0, 0.1) is 5.92 Å². The first kappa shape index (κ1) is 9.64. The van der Waals surface area contributed by atoms with E-state index in [4.69, 9.17) is 5.11 Å². The fourth-order valence-corrected chi connectivity index (χ4v) is 1.50. The summed E-state index contributed by atoms with van der Waals surface area (Å²) in [5.41, 5.74) is 1.83. The van der Waals surface area contributed by atoms with Crippen LogP contribution in [0.4, 0.5) is 0 Å². The van der Waals surface area contributed by atoms with Crippen LogP contribution in [0.2, 0.25) is 0 Å². The molecule has 1 N–H and O–H groups in total. The molecule has 5 heteroatoms. The molecular formula is C10H11N3O2. The van der Waals surface area contributed by atoms with Crippen molar-refractivity contribution in [3.8, 4) is 0 Å². The summed E-state index contributed by atoms with van der Waals surface area (Å²) >= 11 is 0. The second kappa shape index (κ2) is 3.68. The molecule has 0 fully saturated rings. The minimum atomic E-state index is -0.786. The Morgan fingerprint density at radius 1 is 1.67 bits per heavy atom. The fraction of sp³-hybridized carbons (Fsp3) is 0.300. The van der Waals surface area contributed by atoms with E-state index < -0.39 is 11.9 Å². The Kier molecular flexibility index (Phi) is 2.37. The van der Waals surface area contributed by atoms with Gasteiger partial charge in [-0.25, -0.2) is 9.50 Å². The van der Waals surface area contributed by atoms with E-state index in [1.54, 1.807) is 23.8 Å². The maximum absolute atomic E-state index is 10.7. The molecule has 1 atom stereocenters. The summed E-state index contributed by atoms with van der Waals surface area (Å²) in [5.74, 6) is -1.18. The average molecular weight is 205 g/mol. The van der Waals surface area contributed by atoms with Crippen molar-refractivity contribution < 1.29 is 9.90 Å². The fourth-order valence-electron chi connectivity index (χ4n) is 1.50. The summed E-state index contributed by atoms with van der Waals surface area (Å²) in [6.07, 6.45) is 5.45. The number of aromatic nitrogens is 3. The molecule has 0 aromatic carbocycles. The van der Waals surface area contributed by atoms with Crippen LogP contribution in [0.1, 0.15) is 12.5 Å². The Bertz CT molecular complexity index is 492. The summed E-state index contributed by atoms with van der Waals surface area (Å²) in [6.45, 7) is 1.69. The summed E-state index contributed by atoms with van der Waals surface area (Å²) < 4.78 is 1.69. The highest BCUT2D eigenvalue weighted by Gasteiger charge is 2.14. The smallest absolute Gasteiger partial charge is 0.306 e. The van der Waals surface area contributed by atoms with Gasteiger partial charge in [-0.1, -0.05) is 6.92 Å². The predicted octanol–water partition coefficient (Wildman–Crippen LogP) is 0.992. The van der Waals surface area contributed by atoms with Gasteiger partial charge in [0.25, 0.3) is 0 Å². The maximum Gasteiger partial charge on any atom is 0.306 e. The van der Waals surface area contributed by atoms with Gasteiger partial charge in [0.05, 0.1) is 17.6 Å². The third-order valence-electron chi connectivity index (χ3n) is 2.38. The van der Waals surface area contributed by atoms with Crippen molar-refractivity contribution in [2.75, 3.05) is 0 Å². The van der Waals surface area contributed by atoms with Crippen LogP contribution in [-0.4, -0.2) is 25.7 Å². The molecule has 0 amide bonds. The lowest BCUT2D eigenvalue weighted by atomic mass is 10.0. The van der Waals surface area contributed by atoms with Gasteiger partial charge in [0, 0.05) is 6.20 Å². The molecular weight excluding hydrogens is 194 g/mol. The largest absolute Gasteiger partial charge is 0.481 e. The quantitative estimate of drug-likeness (QED) is 0.811. The Balaban J connectivity index is 2.32. The van der Waals surface area contributed by atoms with Crippen molar-refractivity contribution in [2.45, 2.75) is 13.3 Å². The number of rotatable bonds is 3. The van der Waals surface area contributed by atoms with Crippen molar-refractivity contribution in [1.82, 2.24) is 14.6 Å². The van der Waals surface area contributed by atoms with Crippen molar-refractivity contribution in [2.24, 2.45) is 5.92 Å². The molecule has 2 rings (SSSR count). The predicted molar refractivity (Wildman–Crippen MR) is 53.5 cm³/mol. The summed E-state index contributed by atoms with van der Waals surface area (Å²) in [6, 6.07) is 1.88. The van der Waals surface area contributed by atoms with Gasteiger partial charge in [0.2, 0.25) is 0 Å². The minimum Gasteiger partial charge on any atom is -0.481 e. The van der Waals surface area contributed by atoms with E-state index in [0.717, 1.165) is 11.1 Å². The van der Waals surface area contributed by atoms with Crippen LogP contribution in [0.25, 0.3) is 5.52 Å². The van der Waals surface area contributed by atoms with Crippen molar-refractivity contribution >= 4 is 11.5 Å². The molecule has 1 unspecified atom stereocenters. The van der Waals surface area contributed by atoms with Crippen LogP contribution in [-0.2, 0) is 11.2 Å². The number of fused-ring (bicyclic) bond motifs is 1. The number of hydrogen-bond acceptors (Lipinski definition) is 3. The van der Waals surface area contributed by atoms with Crippen LogP contribution in [0.5, 0.6) is 0 Å². The molecule has 2 heterocycles. The zero-order valence-electron chi connectivity index (χ0n) is 8.29. The topological polar surface area (TPSA) is 67.5 Å². The normalized spacial score (nSPS) is 12.9. The van der Waals surface area contributed by atoms with Gasteiger partial charge in [0.1, 0.15) is 6.33 Å². The van der Waals surface area contributed by atoms with Gasteiger partial charge in [-0.15, -0.1) is 0 Å². The third kappa shape index (κ3) is 1.81. The van der Waals surface area contributed by atoms with E-state index in [0.29, 0.717) is 6.42 Å². The van der Waals surface area contributed by atoms with Gasteiger partial charge < -0.3 is 5.11 Å². The van der Waals surface area contributed by atoms with Gasteiger partial charge in [-0.2, -0.15) is 5.10 Å². The zero-order chi connectivity index (χ0) is 10.8. The Labute approximate surface area is 86.4 Å². The lowest BCUT2D eigenvalue weighted by Crippen LogP contribution is -2.12. The molecule has 0 spiro atoms. The van der Waals surface area contributed by atoms with Crippen LogP contribution < -0.4 is 0 Å². The minimum absolute atomic E-state index is 0.392. The maximum atomic E-state index is 10.7. The molecule has 0 saturated heterocycles. The van der Waals surface area contributed by atoms with Crippen LogP contribution in [0.15, 0.2) is 24.8 Å². The Morgan fingerprint density at radius 2 is 2.47 bits per heavy atom. The first-order valence-electron chi connectivity index (χ1n) is 4.67. The zero-order valence-corrected chi connectivity index (χ0v) is 8.29.